The van der Waals surface area contributed by atoms with Gasteiger partial charge in [-0.2, -0.15) is 5.10 Å². The summed E-state index contributed by atoms with van der Waals surface area (Å²) >= 11 is 0. The number of para-hydroxylation sites is 1. The van der Waals surface area contributed by atoms with Crippen LogP contribution in [0, 0.1) is 6.92 Å². The van der Waals surface area contributed by atoms with Crippen molar-refractivity contribution >= 4 is 11.8 Å². The molecule has 1 saturated heterocycles. The average molecular weight is 372 g/mol. The summed E-state index contributed by atoms with van der Waals surface area (Å²) in [6, 6.07) is 7.77. The first-order valence-electron chi connectivity index (χ1n) is 9.39. The van der Waals surface area contributed by atoms with Gasteiger partial charge in [0.15, 0.2) is 0 Å². The third kappa shape index (κ3) is 3.93. The lowest BCUT2D eigenvalue weighted by Gasteiger charge is -2.25. The summed E-state index contributed by atoms with van der Waals surface area (Å²) in [6.45, 7) is 5.88. The van der Waals surface area contributed by atoms with Crippen LogP contribution in [0.15, 0.2) is 24.3 Å². The third-order valence-electron chi connectivity index (χ3n) is 4.98. The molecule has 0 bridgehead atoms. The van der Waals surface area contributed by atoms with Gasteiger partial charge in [0.1, 0.15) is 11.6 Å². The number of ether oxygens (including phenoxy) is 2. The van der Waals surface area contributed by atoms with E-state index in [0.717, 1.165) is 42.0 Å². The highest BCUT2D eigenvalue weighted by molar-refractivity contribution is 5.95. The molecule has 2 amide bonds. The molecule has 146 valence electrons. The van der Waals surface area contributed by atoms with Gasteiger partial charge in [-0.25, -0.2) is 4.79 Å². The number of benzene rings is 1. The molecular weight excluding hydrogens is 344 g/mol. The highest BCUT2D eigenvalue weighted by Crippen LogP contribution is 2.37. The van der Waals surface area contributed by atoms with Gasteiger partial charge >= 0.3 is 6.03 Å². The van der Waals surface area contributed by atoms with Crippen molar-refractivity contribution in [1.82, 2.24) is 14.7 Å². The van der Waals surface area contributed by atoms with Crippen molar-refractivity contribution in [2.45, 2.75) is 32.7 Å². The van der Waals surface area contributed by atoms with Crippen molar-refractivity contribution < 1.29 is 14.3 Å². The molecule has 0 aliphatic carbocycles. The van der Waals surface area contributed by atoms with Gasteiger partial charge < -0.3 is 14.4 Å². The topological polar surface area (TPSA) is 68.6 Å². The van der Waals surface area contributed by atoms with Crippen LogP contribution in [0.1, 0.15) is 25.5 Å². The van der Waals surface area contributed by atoms with Gasteiger partial charge in [0.25, 0.3) is 0 Å². The number of aromatic nitrogens is 2. The van der Waals surface area contributed by atoms with Gasteiger partial charge in [0.05, 0.1) is 31.0 Å². The van der Waals surface area contributed by atoms with Crippen LogP contribution in [0.2, 0.25) is 0 Å². The monoisotopic (exact) mass is 372 g/mol. The fourth-order valence-corrected chi connectivity index (χ4v) is 3.68. The molecule has 0 spiro atoms. The van der Waals surface area contributed by atoms with E-state index in [-0.39, 0.29) is 12.1 Å². The molecule has 7 heteroatoms. The summed E-state index contributed by atoms with van der Waals surface area (Å²) < 4.78 is 12.8. The molecule has 27 heavy (non-hydrogen) atoms. The third-order valence-corrected chi connectivity index (χ3v) is 4.98. The first-order valence-corrected chi connectivity index (χ1v) is 9.39. The Balaban J connectivity index is 1.88. The molecule has 1 atom stereocenters. The molecule has 1 fully saturated rings. The van der Waals surface area contributed by atoms with Crippen molar-refractivity contribution in [2.24, 2.45) is 7.05 Å². The minimum atomic E-state index is -0.114. The summed E-state index contributed by atoms with van der Waals surface area (Å²) in [7, 11) is 3.48. The van der Waals surface area contributed by atoms with E-state index < -0.39 is 0 Å². The minimum absolute atomic E-state index is 0.114. The van der Waals surface area contributed by atoms with Crippen LogP contribution in [0.5, 0.6) is 5.75 Å². The minimum Gasteiger partial charge on any atom is -0.496 e. The Bertz CT molecular complexity index is 803. The molecule has 1 aliphatic rings. The Hall–Kier alpha value is -2.54. The second-order valence-electron chi connectivity index (χ2n) is 6.71. The Morgan fingerprint density at radius 3 is 2.89 bits per heavy atom. The van der Waals surface area contributed by atoms with E-state index in [4.69, 9.17) is 9.47 Å². The van der Waals surface area contributed by atoms with Gasteiger partial charge in [-0.15, -0.1) is 0 Å². The largest absolute Gasteiger partial charge is 0.496 e. The number of methoxy groups -OCH3 is 1. The highest BCUT2D eigenvalue weighted by Gasteiger charge is 2.30. The lowest BCUT2D eigenvalue weighted by molar-refractivity contribution is 0.0970. The number of urea groups is 1. The Morgan fingerprint density at radius 1 is 1.37 bits per heavy atom. The van der Waals surface area contributed by atoms with Crippen LogP contribution in [0.3, 0.4) is 0 Å². The van der Waals surface area contributed by atoms with Crippen molar-refractivity contribution in [3.8, 4) is 16.9 Å². The number of nitrogens with one attached hydrogen (secondary N) is 1. The molecule has 1 aromatic heterocycles. The van der Waals surface area contributed by atoms with E-state index in [9.17, 15) is 4.79 Å². The predicted octanol–water partition coefficient (Wildman–Crippen LogP) is 3.44. The number of carbonyl (C=O) groups excluding carboxylic acids is 1. The Morgan fingerprint density at radius 2 is 2.15 bits per heavy atom. The van der Waals surface area contributed by atoms with Gasteiger partial charge in [-0.05, 0) is 32.8 Å². The van der Waals surface area contributed by atoms with Gasteiger partial charge in [-0.1, -0.05) is 18.2 Å². The first-order chi connectivity index (χ1) is 13.1. The highest BCUT2D eigenvalue weighted by atomic mass is 16.5. The van der Waals surface area contributed by atoms with Crippen LogP contribution >= 0.6 is 0 Å². The number of hydrogen-bond donors (Lipinski definition) is 1. The summed E-state index contributed by atoms with van der Waals surface area (Å²) in [5.74, 6) is 1.42. The number of amides is 2. The first kappa shape index (κ1) is 19.2. The Kier molecular flexibility index (Phi) is 6.01. The van der Waals surface area contributed by atoms with Crippen LogP contribution in [-0.4, -0.2) is 53.6 Å². The van der Waals surface area contributed by atoms with Crippen molar-refractivity contribution in [3.05, 3.63) is 30.0 Å². The smallest absolute Gasteiger partial charge is 0.323 e. The maximum Gasteiger partial charge on any atom is 0.323 e. The number of carbonyl (C=O) groups is 1. The zero-order chi connectivity index (χ0) is 19.4. The van der Waals surface area contributed by atoms with Crippen molar-refractivity contribution in [3.63, 3.8) is 0 Å². The fourth-order valence-electron chi connectivity index (χ4n) is 3.68. The molecular formula is C20H28N4O3. The number of rotatable bonds is 6. The molecule has 0 saturated carbocycles. The molecule has 0 radical (unpaired) electrons. The zero-order valence-electron chi connectivity index (χ0n) is 16.5. The van der Waals surface area contributed by atoms with E-state index >= 15 is 0 Å². The fraction of sp³-hybridized carbons (Fsp3) is 0.500. The van der Waals surface area contributed by atoms with Crippen LogP contribution in [0.25, 0.3) is 11.1 Å². The second-order valence-corrected chi connectivity index (χ2v) is 6.71. The maximum atomic E-state index is 13.0. The number of nitrogens with zero attached hydrogens (tertiary/aromatic N) is 3. The predicted molar refractivity (Wildman–Crippen MR) is 105 cm³/mol. The van der Waals surface area contributed by atoms with Crippen molar-refractivity contribution in [2.75, 3.05) is 32.2 Å². The standard InChI is InChI=1S/C20H28N4O3/c1-5-27-13-15-9-8-12-24(15)20(25)21-19-18(14(2)22-23(19)3)16-10-6-7-11-17(16)26-4/h6-7,10-11,15H,5,8-9,12-13H2,1-4H3,(H,21,25)/t15-/m1/s1. The summed E-state index contributed by atoms with van der Waals surface area (Å²) in [6.07, 6.45) is 1.96. The number of anilines is 1. The van der Waals surface area contributed by atoms with Gasteiger partial charge in [0, 0.05) is 25.8 Å². The molecule has 3 rings (SSSR count). The van der Waals surface area contributed by atoms with Crippen LogP contribution in [0.4, 0.5) is 10.6 Å². The number of likely N-dealkylation sites (tertiary alicyclic amines) is 1. The molecule has 0 unspecified atom stereocenters. The van der Waals surface area contributed by atoms with E-state index in [2.05, 4.69) is 10.4 Å². The SMILES string of the molecule is CCOC[C@H]1CCCN1C(=O)Nc1c(-c2ccccc2OC)c(C)nn1C. The normalized spacial score (nSPS) is 16.6. The summed E-state index contributed by atoms with van der Waals surface area (Å²) in [5, 5.41) is 7.59. The molecule has 1 N–H and O–H groups in total. The lowest BCUT2D eigenvalue weighted by Crippen LogP contribution is -2.41. The van der Waals surface area contributed by atoms with Crippen LogP contribution in [-0.2, 0) is 11.8 Å². The lowest BCUT2D eigenvalue weighted by atomic mass is 10.0. The van der Waals surface area contributed by atoms with E-state index in [1.165, 1.54) is 0 Å². The average Bonchev–Trinajstić information content (AvgIpc) is 3.24. The maximum absolute atomic E-state index is 13.0. The van der Waals surface area contributed by atoms with Crippen LogP contribution < -0.4 is 10.1 Å². The van der Waals surface area contributed by atoms with Gasteiger partial charge in [0.2, 0.25) is 0 Å². The molecule has 7 nitrogen and oxygen atoms in total. The quantitative estimate of drug-likeness (QED) is 0.843. The zero-order valence-corrected chi connectivity index (χ0v) is 16.5. The molecule has 2 heterocycles. The molecule has 1 aromatic carbocycles. The summed E-state index contributed by atoms with van der Waals surface area (Å²) in [5.41, 5.74) is 2.63. The van der Waals surface area contributed by atoms with E-state index in [1.54, 1.807) is 11.8 Å². The second kappa shape index (κ2) is 8.43. The van der Waals surface area contributed by atoms with Gasteiger partial charge in [-0.3, -0.25) is 10.00 Å². The van der Waals surface area contributed by atoms with E-state index in [1.807, 2.05) is 50.1 Å². The van der Waals surface area contributed by atoms with Crippen molar-refractivity contribution in [1.29, 1.82) is 0 Å². The molecule has 1 aliphatic heterocycles. The number of aryl methyl sites for hydroxylation is 2. The van der Waals surface area contributed by atoms with E-state index in [0.29, 0.717) is 19.0 Å². The summed E-state index contributed by atoms with van der Waals surface area (Å²) in [4.78, 5) is 14.8. The molecule has 2 aromatic rings. The number of hydrogen-bond acceptors (Lipinski definition) is 4. The Labute approximate surface area is 160 Å².